The lowest BCUT2D eigenvalue weighted by Crippen LogP contribution is -2.28. The van der Waals surface area contributed by atoms with Crippen LogP contribution in [0, 0.1) is 0 Å². The second kappa shape index (κ2) is 9.07. The molecule has 0 bridgehead atoms. The Hall–Kier alpha value is -2.59. The van der Waals surface area contributed by atoms with Crippen molar-refractivity contribution in [1.29, 1.82) is 0 Å². The van der Waals surface area contributed by atoms with Crippen LogP contribution in [-0.2, 0) is 14.9 Å². The van der Waals surface area contributed by atoms with Gasteiger partial charge in [-0.15, -0.1) is 11.3 Å². The molecule has 0 saturated heterocycles. The van der Waals surface area contributed by atoms with Crippen molar-refractivity contribution in [2.75, 3.05) is 19.0 Å². The van der Waals surface area contributed by atoms with E-state index in [9.17, 15) is 4.79 Å². The van der Waals surface area contributed by atoms with Crippen LogP contribution in [0.4, 0.5) is 5.69 Å². The van der Waals surface area contributed by atoms with E-state index in [0.29, 0.717) is 13.0 Å². The summed E-state index contributed by atoms with van der Waals surface area (Å²) in [7, 11) is 1.93. The zero-order valence-electron chi connectivity index (χ0n) is 16.7. The van der Waals surface area contributed by atoms with Crippen molar-refractivity contribution < 1.29 is 9.53 Å². The molecule has 4 heteroatoms. The maximum Gasteiger partial charge on any atom is 0.306 e. The number of carbonyl (C=O) groups is 1. The van der Waals surface area contributed by atoms with Crippen LogP contribution < -0.4 is 5.32 Å². The van der Waals surface area contributed by atoms with Crippen molar-refractivity contribution in [3.05, 3.63) is 70.4 Å². The molecule has 3 aromatic rings. The first-order chi connectivity index (χ1) is 13.6. The number of nitrogens with one attached hydrogen (secondary N) is 1. The number of ether oxygens (including phenoxy) is 1. The van der Waals surface area contributed by atoms with Gasteiger partial charge in [-0.3, -0.25) is 4.79 Å². The minimum atomic E-state index is -0.390. The van der Waals surface area contributed by atoms with Gasteiger partial charge in [-0.25, -0.2) is 0 Å². The molecule has 1 unspecified atom stereocenters. The van der Waals surface area contributed by atoms with Crippen LogP contribution in [0.5, 0.6) is 0 Å². The Labute approximate surface area is 171 Å². The second-order valence-corrected chi connectivity index (χ2v) is 8.10. The smallest absolute Gasteiger partial charge is 0.306 e. The van der Waals surface area contributed by atoms with E-state index in [-0.39, 0.29) is 11.4 Å². The van der Waals surface area contributed by atoms with Crippen LogP contribution >= 0.6 is 11.3 Å². The standard InChI is InChI=1S/C24H27NO2S/c1-4-27-22(26)17-24(2,15-7-10-19-11-8-16-28-19)23-20-12-6-5-9-18(20)13-14-21(23)25-3/h5-14,16,25H,4,15,17H2,1-3H3/b10-7+. The highest BCUT2D eigenvalue weighted by molar-refractivity contribution is 7.10. The maximum absolute atomic E-state index is 12.5. The molecule has 0 saturated carbocycles. The third-order valence-electron chi connectivity index (χ3n) is 5.04. The Kier molecular flexibility index (Phi) is 6.53. The number of rotatable bonds is 8. The first-order valence-corrected chi connectivity index (χ1v) is 10.5. The molecule has 28 heavy (non-hydrogen) atoms. The van der Waals surface area contributed by atoms with Crippen LogP contribution in [0.15, 0.2) is 60.0 Å². The minimum absolute atomic E-state index is 0.162. The lowest BCUT2D eigenvalue weighted by molar-refractivity contribution is -0.144. The first-order valence-electron chi connectivity index (χ1n) is 9.63. The van der Waals surface area contributed by atoms with Gasteiger partial charge in [0.25, 0.3) is 0 Å². The highest BCUT2D eigenvalue weighted by Crippen LogP contribution is 2.41. The van der Waals surface area contributed by atoms with Gasteiger partial charge in [0, 0.05) is 23.0 Å². The number of fused-ring (bicyclic) bond motifs is 1. The summed E-state index contributed by atoms with van der Waals surface area (Å²) in [6.07, 6.45) is 5.38. The number of hydrogen-bond donors (Lipinski definition) is 1. The molecule has 146 valence electrons. The van der Waals surface area contributed by atoms with Crippen LogP contribution in [0.3, 0.4) is 0 Å². The van der Waals surface area contributed by atoms with E-state index in [1.807, 2.05) is 26.1 Å². The van der Waals surface area contributed by atoms with Gasteiger partial charge in [0.05, 0.1) is 13.0 Å². The molecule has 3 nitrogen and oxygen atoms in total. The molecular formula is C24H27NO2S. The average Bonchev–Trinajstić information content (AvgIpc) is 3.20. The molecule has 3 rings (SSSR count). The summed E-state index contributed by atoms with van der Waals surface area (Å²) >= 11 is 1.71. The molecule has 0 aliphatic rings. The fourth-order valence-electron chi connectivity index (χ4n) is 3.74. The van der Waals surface area contributed by atoms with Gasteiger partial charge in [-0.2, -0.15) is 0 Å². The van der Waals surface area contributed by atoms with Crippen LogP contribution in [-0.4, -0.2) is 19.6 Å². The van der Waals surface area contributed by atoms with Crippen molar-refractivity contribution in [2.45, 2.75) is 32.1 Å². The highest BCUT2D eigenvalue weighted by atomic mass is 32.1. The zero-order chi connectivity index (χ0) is 20.0. The van der Waals surface area contributed by atoms with E-state index in [1.165, 1.54) is 15.6 Å². The van der Waals surface area contributed by atoms with E-state index in [2.05, 4.69) is 66.2 Å². The van der Waals surface area contributed by atoms with E-state index in [4.69, 9.17) is 4.74 Å². The lowest BCUT2D eigenvalue weighted by atomic mass is 9.73. The summed E-state index contributed by atoms with van der Waals surface area (Å²) < 4.78 is 5.32. The number of hydrogen-bond acceptors (Lipinski definition) is 4. The van der Waals surface area contributed by atoms with Crippen molar-refractivity contribution in [3.8, 4) is 0 Å². The largest absolute Gasteiger partial charge is 0.466 e. The predicted molar refractivity (Wildman–Crippen MR) is 120 cm³/mol. The molecule has 0 amide bonds. The fraction of sp³-hybridized carbons (Fsp3) is 0.292. The average molecular weight is 394 g/mol. The van der Waals surface area contributed by atoms with Crippen LogP contribution in [0.25, 0.3) is 16.8 Å². The highest BCUT2D eigenvalue weighted by Gasteiger charge is 2.33. The van der Waals surface area contributed by atoms with E-state index in [1.54, 1.807) is 11.3 Å². The quantitative estimate of drug-likeness (QED) is 0.459. The van der Waals surface area contributed by atoms with E-state index < -0.39 is 0 Å². The summed E-state index contributed by atoms with van der Waals surface area (Å²) in [6.45, 7) is 4.41. The third-order valence-corrected chi connectivity index (χ3v) is 5.87. The Morgan fingerprint density at radius 2 is 2.00 bits per heavy atom. The summed E-state index contributed by atoms with van der Waals surface area (Å²) in [4.78, 5) is 13.7. The van der Waals surface area contributed by atoms with Gasteiger partial charge in [-0.1, -0.05) is 49.4 Å². The second-order valence-electron chi connectivity index (χ2n) is 7.12. The zero-order valence-corrected chi connectivity index (χ0v) is 17.5. The molecule has 0 aliphatic carbocycles. The SMILES string of the molecule is CCOC(=O)CC(C)(C/C=C/c1cccs1)c1c(NC)ccc2ccccc12. The molecule has 1 atom stereocenters. The Morgan fingerprint density at radius 3 is 2.71 bits per heavy atom. The van der Waals surface area contributed by atoms with Gasteiger partial charge < -0.3 is 10.1 Å². The first kappa shape index (κ1) is 20.2. The summed E-state index contributed by atoms with van der Waals surface area (Å²) in [5.41, 5.74) is 1.83. The van der Waals surface area contributed by atoms with Crippen molar-refractivity contribution in [2.24, 2.45) is 0 Å². The molecule has 1 heterocycles. The Bertz CT molecular complexity index is 962. The minimum Gasteiger partial charge on any atom is -0.466 e. The molecule has 1 aromatic heterocycles. The van der Waals surface area contributed by atoms with Gasteiger partial charge in [0.15, 0.2) is 0 Å². The van der Waals surface area contributed by atoms with E-state index in [0.717, 1.165) is 17.7 Å². The number of benzene rings is 2. The van der Waals surface area contributed by atoms with Crippen LogP contribution in [0.2, 0.25) is 0 Å². The molecule has 0 spiro atoms. The van der Waals surface area contributed by atoms with Crippen molar-refractivity contribution in [3.63, 3.8) is 0 Å². The summed E-state index contributed by atoms with van der Waals surface area (Å²) in [5, 5.41) is 7.75. The van der Waals surface area contributed by atoms with Gasteiger partial charge in [-0.05, 0) is 53.3 Å². The molecule has 2 aromatic carbocycles. The lowest BCUT2D eigenvalue weighted by Gasteiger charge is -2.32. The molecule has 0 radical (unpaired) electrons. The number of esters is 1. The molecule has 0 aliphatic heterocycles. The molecule has 0 fully saturated rings. The normalized spacial score (nSPS) is 13.5. The molecule has 1 N–H and O–H groups in total. The van der Waals surface area contributed by atoms with Gasteiger partial charge >= 0.3 is 5.97 Å². The monoisotopic (exact) mass is 393 g/mol. The number of carbonyl (C=O) groups excluding carboxylic acids is 1. The summed E-state index contributed by atoms with van der Waals surface area (Å²) in [5.74, 6) is -0.162. The Balaban J connectivity index is 2.07. The van der Waals surface area contributed by atoms with Crippen LogP contribution in [0.1, 0.15) is 37.1 Å². The number of anilines is 1. The van der Waals surface area contributed by atoms with Gasteiger partial charge in [0.2, 0.25) is 0 Å². The summed E-state index contributed by atoms with van der Waals surface area (Å²) in [6, 6.07) is 16.7. The Morgan fingerprint density at radius 1 is 1.18 bits per heavy atom. The molecular weight excluding hydrogens is 366 g/mol. The predicted octanol–water partition coefficient (Wildman–Crippen LogP) is 6.26. The van der Waals surface area contributed by atoms with Crippen molar-refractivity contribution in [1.82, 2.24) is 0 Å². The third kappa shape index (κ3) is 4.45. The maximum atomic E-state index is 12.5. The van der Waals surface area contributed by atoms with Gasteiger partial charge in [0.1, 0.15) is 0 Å². The van der Waals surface area contributed by atoms with Crippen molar-refractivity contribution >= 4 is 39.8 Å². The number of thiophene rings is 1. The fourth-order valence-corrected chi connectivity index (χ4v) is 4.39. The topological polar surface area (TPSA) is 38.3 Å². The van der Waals surface area contributed by atoms with E-state index >= 15 is 0 Å². The number of allylic oxidation sites excluding steroid dienone is 1.